The minimum atomic E-state index is -0.561. The lowest BCUT2D eigenvalue weighted by atomic mass is 10.1. The third-order valence-electron chi connectivity index (χ3n) is 2.92. The van der Waals surface area contributed by atoms with Crippen molar-refractivity contribution in [3.05, 3.63) is 46.5 Å². The van der Waals surface area contributed by atoms with Crippen molar-refractivity contribution in [2.45, 2.75) is 33.1 Å². The Labute approximate surface area is 121 Å². The molecule has 2 aromatic rings. The predicted octanol–water partition coefficient (Wildman–Crippen LogP) is 3.30. The summed E-state index contributed by atoms with van der Waals surface area (Å²) in [7, 11) is 0. The van der Waals surface area contributed by atoms with Crippen molar-refractivity contribution in [3.63, 3.8) is 0 Å². The van der Waals surface area contributed by atoms with E-state index in [9.17, 15) is 5.11 Å². The Morgan fingerprint density at radius 2 is 2.26 bits per heavy atom. The second-order valence-corrected chi connectivity index (χ2v) is 5.19. The third kappa shape index (κ3) is 3.36. The summed E-state index contributed by atoms with van der Waals surface area (Å²) >= 11 is 3.41. The molecule has 0 amide bonds. The molecule has 0 unspecified atom stereocenters. The van der Waals surface area contributed by atoms with E-state index in [4.69, 9.17) is 4.74 Å². The van der Waals surface area contributed by atoms with E-state index < -0.39 is 6.10 Å². The lowest BCUT2D eigenvalue weighted by Gasteiger charge is -2.14. The van der Waals surface area contributed by atoms with Crippen molar-refractivity contribution >= 4 is 15.9 Å². The average molecular weight is 325 g/mol. The molecule has 0 bridgehead atoms. The molecule has 0 aliphatic heterocycles. The fourth-order valence-corrected chi connectivity index (χ4v) is 2.23. The predicted molar refractivity (Wildman–Crippen MR) is 77.0 cm³/mol. The molecule has 1 heterocycles. The molecule has 19 heavy (non-hydrogen) atoms. The molecule has 0 aliphatic carbocycles. The Morgan fingerprint density at radius 3 is 2.95 bits per heavy atom. The minimum Gasteiger partial charge on any atom is -0.485 e. The van der Waals surface area contributed by atoms with Gasteiger partial charge in [0.1, 0.15) is 18.2 Å². The summed E-state index contributed by atoms with van der Waals surface area (Å²) in [6, 6.07) is 5.61. The van der Waals surface area contributed by atoms with Crippen LogP contribution in [0.4, 0.5) is 0 Å². The lowest BCUT2D eigenvalue weighted by molar-refractivity contribution is 0.189. The van der Waals surface area contributed by atoms with Crippen LogP contribution < -0.4 is 4.74 Å². The van der Waals surface area contributed by atoms with E-state index in [-0.39, 0.29) is 0 Å². The van der Waals surface area contributed by atoms with Crippen LogP contribution in [0.15, 0.2) is 35.1 Å². The highest BCUT2D eigenvalue weighted by atomic mass is 79.9. The van der Waals surface area contributed by atoms with E-state index in [0.717, 1.165) is 22.4 Å². The Balaban J connectivity index is 2.17. The standard InChI is InChI=1S/C14H17BrN2O2/c1-3-17-7-6-16-14(17)9-19-13-8-11(15)4-5-12(13)10(2)18/h4-8,10,18H,3,9H2,1-2H3/t10-/m0/s1. The molecule has 1 aromatic carbocycles. The van der Waals surface area contributed by atoms with Crippen LogP contribution in [-0.2, 0) is 13.2 Å². The molecule has 4 nitrogen and oxygen atoms in total. The van der Waals surface area contributed by atoms with Crippen LogP contribution in [0.5, 0.6) is 5.75 Å². The molecule has 0 fully saturated rings. The Bertz CT molecular complexity index is 552. The van der Waals surface area contributed by atoms with Gasteiger partial charge in [0.2, 0.25) is 0 Å². The van der Waals surface area contributed by atoms with Gasteiger partial charge in [0.25, 0.3) is 0 Å². The molecule has 102 valence electrons. The summed E-state index contributed by atoms with van der Waals surface area (Å²) in [5.74, 6) is 1.55. The number of benzene rings is 1. The van der Waals surface area contributed by atoms with Crippen LogP contribution >= 0.6 is 15.9 Å². The number of aliphatic hydroxyl groups is 1. The van der Waals surface area contributed by atoms with Gasteiger partial charge in [-0.3, -0.25) is 0 Å². The number of halogens is 1. The van der Waals surface area contributed by atoms with Gasteiger partial charge >= 0.3 is 0 Å². The van der Waals surface area contributed by atoms with E-state index in [1.165, 1.54) is 0 Å². The Hall–Kier alpha value is -1.33. The molecule has 1 N–H and O–H groups in total. The summed E-state index contributed by atoms with van der Waals surface area (Å²) in [5.41, 5.74) is 0.776. The van der Waals surface area contributed by atoms with Crippen molar-refractivity contribution < 1.29 is 9.84 Å². The number of hydrogen-bond donors (Lipinski definition) is 1. The zero-order valence-electron chi connectivity index (χ0n) is 11.0. The number of rotatable bonds is 5. The molecular formula is C14H17BrN2O2. The highest BCUT2D eigenvalue weighted by Gasteiger charge is 2.11. The molecule has 0 aliphatic rings. The van der Waals surface area contributed by atoms with E-state index >= 15 is 0 Å². The van der Waals surface area contributed by atoms with Gasteiger partial charge in [-0.15, -0.1) is 0 Å². The molecule has 1 aromatic heterocycles. The van der Waals surface area contributed by atoms with Crippen LogP contribution in [0, 0.1) is 0 Å². The normalized spacial score (nSPS) is 12.4. The fraction of sp³-hybridized carbons (Fsp3) is 0.357. The van der Waals surface area contributed by atoms with Gasteiger partial charge in [-0.1, -0.05) is 22.0 Å². The first kappa shape index (κ1) is 14.1. The molecule has 0 saturated carbocycles. The number of imidazole rings is 1. The second-order valence-electron chi connectivity index (χ2n) is 4.28. The number of ether oxygens (including phenoxy) is 1. The van der Waals surface area contributed by atoms with Crippen molar-refractivity contribution in [1.29, 1.82) is 0 Å². The lowest BCUT2D eigenvalue weighted by Crippen LogP contribution is -2.07. The maximum atomic E-state index is 9.74. The average Bonchev–Trinajstić information content (AvgIpc) is 2.83. The van der Waals surface area contributed by atoms with Crippen molar-refractivity contribution in [2.75, 3.05) is 0 Å². The van der Waals surface area contributed by atoms with Crippen LogP contribution in [0.2, 0.25) is 0 Å². The van der Waals surface area contributed by atoms with E-state index in [1.54, 1.807) is 13.1 Å². The summed E-state index contributed by atoms with van der Waals surface area (Å²) in [5, 5.41) is 9.74. The van der Waals surface area contributed by atoms with Crippen LogP contribution in [-0.4, -0.2) is 14.7 Å². The Morgan fingerprint density at radius 1 is 1.47 bits per heavy atom. The number of aromatic nitrogens is 2. The fourth-order valence-electron chi connectivity index (χ4n) is 1.89. The quantitative estimate of drug-likeness (QED) is 0.917. The monoisotopic (exact) mass is 324 g/mol. The van der Waals surface area contributed by atoms with Crippen LogP contribution in [0.3, 0.4) is 0 Å². The summed E-state index contributed by atoms with van der Waals surface area (Å²) < 4.78 is 8.74. The maximum Gasteiger partial charge on any atom is 0.146 e. The van der Waals surface area contributed by atoms with Gasteiger partial charge in [-0.25, -0.2) is 4.98 Å². The van der Waals surface area contributed by atoms with Crippen LogP contribution in [0.1, 0.15) is 31.3 Å². The molecule has 2 rings (SSSR count). The molecule has 0 saturated heterocycles. The highest BCUT2D eigenvalue weighted by molar-refractivity contribution is 9.10. The first-order valence-corrected chi connectivity index (χ1v) is 7.01. The van der Waals surface area contributed by atoms with Gasteiger partial charge in [0.05, 0.1) is 6.10 Å². The SMILES string of the molecule is CCn1ccnc1COc1cc(Br)ccc1[C@H](C)O. The highest BCUT2D eigenvalue weighted by Crippen LogP contribution is 2.29. The Kier molecular flexibility index (Phi) is 4.61. The summed E-state index contributed by atoms with van der Waals surface area (Å²) in [6.45, 7) is 5.03. The minimum absolute atomic E-state index is 0.386. The van der Waals surface area contributed by atoms with Crippen molar-refractivity contribution in [3.8, 4) is 5.75 Å². The number of aliphatic hydroxyl groups excluding tert-OH is 1. The molecular weight excluding hydrogens is 308 g/mol. The van der Waals surface area contributed by atoms with Gasteiger partial charge < -0.3 is 14.4 Å². The summed E-state index contributed by atoms with van der Waals surface area (Å²) in [4.78, 5) is 4.26. The zero-order valence-corrected chi connectivity index (χ0v) is 12.6. The topological polar surface area (TPSA) is 47.3 Å². The van der Waals surface area contributed by atoms with Gasteiger partial charge in [0, 0.05) is 29.0 Å². The number of aryl methyl sites for hydroxylation is 1. The molecule has 1 atom stereocenters. The summed E-state index contributed by atoms with van der Waals surface area (Å²) in [6.07, 6.45) is 3.13. The first-order chi connectivity index (χ1) is 9.11. The number of nitrogens with zero attached hydrogens (tertiary/aromatic N) is 2. The van der Waals surface area contributed by atoms with Gasteiger partial charge in [-0.05, 0) is 26.0 Å². The van der Waals surface area contributed by atoms with E-state index in [1.807, 2.05) is 29.0 Å². The van der Waals surface area contributed by atoms with Crippen molar-refractivity contribution in [2.24, 2.45) is 0 Å². The smallest absolute Gasteiger partial charge is 0.146 e. The molecule has 0 spiro atoms. The van der Waals surface area contributed by atoms with E-state index in [0.29, 0.717) is 12.4 Å². The van der Waals surface area contributed by atoms with E-state index in [2.05, 4.69) is 27.8 Å². The number of hydrogen-bond acceptors (Lipinski definition) is 3. The molecule has 5 heteroatoms. The second kappa shape index (κ2) is 6.21. The van der Waals surface area contributed by atoms with Gasteiger partial charge in [-0.2, -0.15) is 0 Å². The maximum absolute atomic E-state index is 9.74. The van der Waals surface area contributed by atoms with Crippen molar-refractivity contribution in [1.82, 2.24) is 9.55 Å². The third-order valence-corrected chi connectivity index (χ3v) is 3.42. The van der Waals surface area contributed by atoms with Crippen LogP contribution in [0.25, 0.3) is 0 Å². The van der Waals surface area contributed by atoms with Gasteiger partial charge in [0.15, 0.2) is 0 Å². The largest absolute Gasteiger partial charge is 0.485 e. The molecule has 0 radical (unpaired) electrons. The zero-order chi connectivity index (χ0) is 13.8. The first-order valence-electron chi connectivity index (χ1n) is 6.22.